The maximum Gasteiger partial charge on any atom is 0.265 e. The summed E-state index contributed by atoms with van der Waals surface area (Å²) in [6, 6.07) is 9.19. The Morgan fingerprint density at radius 3 is 2.18 bits per heavy atom. The second-order valence-corrected chi connectivity index (χ2v) is 8.54. The van der Waals surface area contributed by atoms with Crippen molar-refractivity contribution in [1.82, 2.24) is 0 Å². The Bertz CT molecular complexity index is 1010. The minimum absolute atomic E-state index is 0.100. The molecule has 150 valence electrons. The largest absolute Gasteiger partial charge is 0.496 e. The molecular weight excluding hydrogens is 448 g/mol. The standard InChI is InChI=1S/C19H21BrN2O5S/c1-12(2)9-19(23)21-13-5-8-17(27-4)18(11-13)28(24,25)22-14-6-7-16(26-3)15(20)10-14/h5-11,22H,1-4H3,(H,21,23). The Kier molecular flexibility index (Phi) is 7.09. The van der Waals surface area contributed by atoms with E-state index >= 15 is 0 Å². The lowest BCUT2D eigenvalue weighted by Gasteiger charge is -2.14. The first-order valence-electron chi connectivity index (χ1n) is 8.16. The number of amides is 1. The molecule has 2 rings (SSSR count). The Balaban J connectivity index is 2.37. The molecule has 0 unspecified atom stereocenters. The molecule has 0 aliphatic heterocycles. The highest BCUT2D eigenvalue weighted by Crippen LogP contribution is 2.32. The molecule has 0 saturated carbocycles. The molecule has 2 aromatic carbocycles. The topological polar surface area (TPSA) is 93.7 Å². The Hall–Kier alpha value is -2.52. The Morgan fingerprint density at radius 1 is 1.00 bits per heavy atom. The number of allylic oxidation sites excluding steroid dienone is 1. The normalized spacial score (nSPS) is 10.8. The van der Waals surface area contributed by atoms with Crippen molar-refractivity contribution >= 4 is 43.2 Å². The van der Waals surface area contributed by atoms with Gasteiger partial charge >= 0.3 is 0 Å². The summed E-state index contributed by atoms with van der Waals surface area (Å²) in [6.07, 6.45) is 1.42. The van der Waals surface area contributed by atoms with Crippen LogP contribution in [0.1, 0.15) is 13.8 Å². The molecular formula is C19H21BrN2O5S. The number of hydrogen-bond acceptors (Lipinski definition) is 5. The second-order valence-electron chi connectivity index (χ2n) is 6.03. The third kappa shape index (κ3) is 5.49. The molecule has 0 fully saturated rings. The van der Waals surface area contributed by atoms with Crippen LogP contribution in [0.3, 0.4) is 0 Å². The van der Waals surface area contributed by atoms with Crippen LogP contribution >= 0.6 is 15.9 Å². The zero-order chi connectivity index (χ0) is 20.9. The fraction of sp³-hybridized carbons (Fsp3) is 0.211. The summed E-state index contributed by atoms with van der Waals surface area (Å²) < 4.78 is 39.2. The van der Waals surface area contributed by atoms with E-state index in [1.807, 2.05) is 0 Å². The quantitative estimate of drug-likeness (QED) is 0.594. The molecule has 0 aliphatic carbocycles. The van der Waals surface area contributed by atoms with E-state index in [2.05, 4.69) is 26.0 Å². The molecule has 1 amide bonds. The van der Waals surface area contributed by atoms with E-state index < -0.39 is 10.0 Å². The van der Waals surface area contributed by atoms with Crippen molar-refractivity contribution in [3.63, 3.8) is 0 Å². The maximum atomic E-state index is 12.9. The lowest BCUT2D eigenvalue weighted by Crippen LogP contribution is -2.15. The number of halogens is 1. The van der Waals surface area contributed by atoms with Crippen LogP contribution in [-0.4, -0.2) is 28.5 Å². The number of ether oxygens (including phenoxy) is 2. The van der Waals surface area contributed by atoms with Gasteiger partial charge in [-0.2, -0.15) is 0 Å². The highest BCUT2D eigenvalue weighted by molar-refractivity contribution is 9.10. The highest BCUT2D eigenvalue weighted by Gasteiger charge is 2.21. The maximum absolute atomic E-state index is 12.9. The molecule has 0 aromatic heterocycles. The first kappa shape index (κ1) is 21.8. The molecule has 7 nitrogen and oxygen atoms in total. The average molecular weight is 469 g/mol. The highest BCUT2D eigenvalue weighted by atomic mass is 79.9. The van der Waals surface area contributed by atoms with E-state index in [0.29, 0.717) is 21.6 Å². The van der Waals surface area contributed by atoms with E-state index in [9.17, 15) is 13.2 Å². The summed E-state index contributed by atoms with van der Waals surface area (Å²) in [5.74, 6) is 0.380. The number of anilines is 2. The van der Waals surface area contributed by atoms with Gasteiger partial charge in [0.2, 0.25) is 5.91 Å². The van der Waals surface area contributed by atoms with Gasteiger partial charge in [0, 0.05) is 11.8 Å². The summed E-state index contributed by atoms with van der Waals surface area (Å²) >= 11 is 3.32. The number of benzene rings is 2. The van der Waals surface area contributed by atoms with E-state index in [0.717, 1.165) is 5.57 Å². The van der Waals surface area contributed by atoms with Crippen molar-refractivity contribution in [2.45, 2.75) is 18.7 Å². The molecule has 9 heteroatoms. The smallest absolute Gasteiger partial charge is 0.265 e. The molecule has 0 saturated heterocycles. The fourth-order valence-corrected chi connectivity index (χ4v) is 4.13. The van der Waals surface area contributed by atoms with Crippen LogP contribution in [0.25, 0.3) is 0 Å². The van der Waals surface area contributed by atoms with Gasteiger partial charge in [-0.05, 0) is 66.2 Å². The van der Waals surface area contributed by atoms with Gasteiger partial charge in [0.1, 0.15) is 16.4 Å². The lowest BCUT2D eigenvalue weighted by atomic mass is 10.2. The van der Waals surface area contributed by atoms with Gasteiger partial charge in [-0.3, -0.25) is 9.52 Å². The zero-order valence-corrected chi connectivity index (χ0v) is 18.3. The van der Waals surface area contributed by atoms with E-state index in [1.165, 1.54) is 32.4 Å². The van der Waals surface area contributed by atoms with Gasteiger partial charge in [0.05, 0.1) is 24.4 Å². The van der Waals surface area contributed by atoms with Crippen molar-refractivity contribution in [3.05, 3.63) is 52.5 Å². The molecule has 0 bridgehead atoms. The van der Waals surface area contributed by atoms with E-state index in [-0.39, 0.29) is 16.6 Å². The van der Waals surface area contributed by atoms with Crippen LogP contribution in [0.4, 0.5) is 11.4 Å². The summed E-state index contributed by atoms with van der Waals surface area (Å²) in [7, 11) is -1.08. The number of sulfonamides is 1. The van der Waals surface area contributed by atoms with Gasteiger partial charge in [-0.1, -0.05) is 5.57 Å². The van der Waals surface area contributed by atoms with Crippen LogP contribution in [0, 0.1) is 0 Å². The van der Waals surface area contributed by atoms with Gasteiger partial charge in [-0.15, -0.1) is 0 Å². The third-order valence-corrected chi connectivity index (χ3v) is 5.57. The summed E-state index contributed by atoms with van der Waals surface area (Å²) in [5, 5.41) is 2.64. The molecule has 0 atom stereocenters. The Labute approximate surface area is 172 Å². The van der Waals surface area contributed by atoms with Crippen molar-refractivity contribution in [2.24, 2.45) is 0 Å². The molecule has 2 N–H and O–H groups in total. The van der Waals surface area contributed by atoms with Gasteiger partial charge in [0.25, 0.3) is 10.0 Å². The van der Waals surface area contributed by atoms with Crippen molar-refractivity contribution in [3.8, 4) is 11.5 Å². The van der Waals surface area contributed by atoms with Crippen LogP contribution < -0.4 is 19.5 Å². The van der Waals surface area contributed by atoms with Crippen LogP contribution in [0.15, 0.2) is 57.4 Å². The first-order chi connectivity index (χ1) is 13.2. The minimum atomic E-state index is -3.98. The minimum Gasteiger partial charge on any atom is -0.496 e. The summed E-state index contributed by atoms with van der Waals surface area (Å²) in [6.45, 7) is 3.58. The van der Waals surface area contributed by atoms with E-state index in [1.54, 1.807) is 38.1 Å². The summed E-state index contributed by atoms with van der Waals surface area (Å²) in [4.78, 5) is 11.8. The fourth-order valence-electron chi connectivity index (χ4n) is 2.34. The molecule has 28 heavy (non-hydrogen) atoms. The van der Waals surface area contributed by atoms with Crippen LogP contribution in [0.2, 0.25) is 0 Å². The van der Waals surface area contributed by atoms with Crippen molar-refractivity contribution < 1.29 is 22.7 Å². The molecule has 0 radical (unpaired) electrons. The number of rotatable bonds is 7. The third-order valence-electron chi connectivity index (χ3n) is 3.54. The number of carbonyl (C=O) groups excluding carboxylic acids is 1. The van der Waals surface area contributed by atoms with Crippen LogP contribution in [-0.2, 0) is 14.8 Å². The molecule has 0 aliphatic rings. The van der Waals surface area contributed by atoms with Crippen molar-refractivity contribution in [1.29, 1.82) is 0 Å². The van der Waals surface area contributed by atoms with E-state index in [4.69, 9.17) is 9.47 Å². The molecule has 2 aromatic rings. The Morgan fingerprint density at radius 2 is 1.61 bits per heavy atom. The lowest BCUT2D eigenvalue weighted by molar-refractivity contribution is -0.111. The number of methoxy groups -OCH3 is 2. The average Bonchev–Trinajstić information content (AvgIpc) is 2.60. The monoisotopic (exact) mass is 468 g/mol. The number of nitrogens with one attached hydrogen (secondary N) is 2. The summed E-state index contributed by atoms with van der Waals surface area (Å²) in [5.41, 5.74) is 1.50. The zero-order valence-electron chi connectivity index (χ0n) is 15.9. The predicted molar refractivity (Wildman–Crippen MR) is 113 cm³/mol. The van der Waals surface area contributed by atoms with Gasteiger partial charge < -0.3 is 14.8 Å². The van der Waals surface area contributed by atoms with Gasteiger partial charge in [-0.25, -0.2) is 8.42 Å². The molecule has 0 spiro atoms. The van der Waals surface area contributed by atoms with Gasteiger partial charge in [0.15, 0.2) is 0 Å². The van der Waals surface area contributed by atoms with Crippen LogP contribution in [0.5, 0.6) is 11.5 Å². The predicted octanol–water partition coefficient (Wildman–Crippen LogP) is 4.17. The number of hydrogen-bond donors (Lipinski definition) is 2. The first-order valence-corrected chi connectivity index (χ1v) is 10.4. The SMILES string of the molecule is COc1ccc(NS(=O)(=O)c2cc(NC(=O)C=C(C)C)ccc2OC)cc1Br. The second kappa shape index (κ2) is 9.11. The number of carbonyl (C=O) groups is 1. The molecule has 0 heterocycles. The van der Waals surface area contributed by atoms with Crippen molar-refractivity contribution in [2.75, 3.05) is 24.3 Å².